The van der Waals surface area contributed by atoms with E-state index in [9.17, 15) is 33.1 Å². The zero-order valence-corrected chi connectivity index (χ0v) is 22.2. The van der Waals surface area contributed by atoms with Crippen molar-refractivity contribution in [2.24, 2.45) is 4.99 Å². The summed E-state index contributed by atoms with van der Waals surface area (Å²) in [4.78, 5) is 50.9. The van der Waals surface area contributed by atoms with Gasteiger partial charge < -0.3 is 30.3 Å². The van der Waals surface area contributed by atoms with Gasteiger partial charge in [0, 0.05) is 22.4 Å². The van der Waals surface area contributed by atoms with E-state index in [1.54, 1.807) is 19.1 Å². The van der Waals surface area contributed by atoms with E-state index in [1.165, 1.54) is 12.3 Å². The van der Waals surface area contributed by atoms with Crippen molar-refractivity contribution in [2.75, 3.05) is 13.2 Å². The van der Waals surface area contributed by atoms with Crippen molar-refractivity contribution in [1.29, 1.82) is 0 Å². The number of allylic oxidation sites excluding steroid dienone is 1. The van der Waals surface area contributed by atoms with Gasteiger partial charge in [-0.2, -0.15) is 0 Å². The molecular formula is C24H22ClF2N4O8P. The Balaban J connectivity index is 1.76. The first-order valence-corrected chi connectivity index (χ1v) is 13.4. The SMILES string of the molecule is Cc1c(Cl)ccc2c1N=C/C2=C\c1[nH]c(=O)n(C(C(=O)NC(CO)COP(=O)(O)O)c2ccc(F)c(F)c2)c1O. The third-order valence-corrected chi connectivity index (χ3v) is 6.91. The topological polar surface area (TPSA) is 186 Å². The van der Waals surface area contributed by atoms with Gasteiger partial charge in [-0.25, -0.2) is 22.7 Å². The van der Waals surface area contributed by atoms with E-state index >= 15 is 0 Å². The largest absolute Gasteiger partial charge is 0.493 e. The normalized spacial score (nSPS) is 15.3. The first-order valence-electron chi connectivity index (χ1n) is 11.5. The zero-order valence-electron chi connectivity index (χ0n) is 20.5. The lowest BCUT2D eigenvalue weighted by atomic mass is 10.0. The van der Waals surface area contributed by atoms with E-state index in [4.69, 9.17) is 21.4 Å². The van der Waals surface area contributed by atoms with Crippen LogP contribution in [-0.2, 0) is 13.9 Å². The highest BCUT2D eigenvalue weighted by Crippen LogP contribution is 2.39. The molecule has 2 atom stereocenters. The Morgan fingerprint density at radius 1 is 1.27 bits per heavy atom. The maximum absolute atomic E-state index is 14.1. The van der Waals surface area contributed by atoms with Crippen LogP contribution in [0, 0.1) is 18.6 Å². The maximum atomic E-state index is 14.1. The summed E-state index contributed by atoms with van der Waals surface area (Å²) in [7, 11) is -4.96. The second-order valence-corrected chi connectivity index (χ2v) is 10.4. The van der Waals surface area contributed by atoms with Gasteiger partial charge in [0.25, 0.3) is 0 Å². The van der Waals surface area contributed by atoms with Crippen LogP contribution >= 0.6 is 19.4 Å². The molecule has 3 aromatic rings. The number of aromatic amines is 1. The number of rotatable bonds is 9. The number of aliphatic hydroxyl groups is 1. The Bertz CT molecular complexity index is 1650. The van der Waals surface area contributed by atoms with Gasteiger partial charge in [-0.15, -0.1) is 0 Å². The number of amides is 1. The molecule has 1 aromatic heterocycles. The molecular weight excluding hydrogens is 577 g/mol. The van der Waals surface area contributed by atoms with Gasteiger partial charge in [-0.3, -0.25) is 14.3 Å². The molecule has 40 heavy (non-hydrogen) atoms. The number of aromatic nitrogens is 2. The van der Waals surface area contributed by atoms with Gasteiger partial charge in [0.1, 0.15) is 11.7 Å². The van der Waals surface area contributed by atoms with Crippen molar-refractivity contribution in [1.82, 2.24) is 14.9 Å². The Kier molecular flexibility index (Phi) is 8.40. The number of phosphoric acid groups is 1. The van der Waals surface area contributed by atoms with Crippen LogP contribution in [0.3, 0.4) is 0 Å². The summed E-state index contributed by atoms with van der Waals surface area (Å²) < 4.78 is 43.7. The van der Waals surface area contributed by atoms with Gasteiger partial charge in [-0.05, 0) is 42.3 Å². The molecule has 0 aliphatic carbocycles. The lowest BCUT2D eigenvalue weighted by molar-refractivity contribution is -0.124. The molecule has 12 nitrogen and oxygen atoms in total. The zero-order chi connectivity index (χ0) is 29.4. The number of phosphoric ester groups is 1. The minimum absolute atomic E-state index is 0.143. The molecule has 0 bridgehead atoms. The minimum atomic E-state index is -4.96. The van der Waals surface area contributed by atoms with Crippen molar-refractivity contribution < 1.29 is 42.7 Å². The van der Waals surface area contributed by atoms with Crippen LogP contribution in [0.15, 0.2) is 40.1 Å². The number of halogens is 3. The average molecular weight is 599 g/mol. The predicted molar refractivity (Wildman–Crippen MR) is 140 cm³/mol. The van der Waals surface area contributed by atoms with Gasteiger partial charge in [0.05, 0.1) is 24.9 Å². The number of imidazole rings is 1. The smallest absolute Gasteiger partial charge is 0.469 e. The number of aliphatic hydroxyl groups excluding tert-OH is 1. The predicted octanol–water partition coefficient (Wildman–Crippen LogP) is 2.55. The third-order valence-electron chi connectivity index (χ3n) is 6.01. The standard InChI is InChI=1S/C24H22ClF2N4O8P/c1-11-16(25)4-3-15-13(8-28-20(11)15)7-19-23(34)31(24(35)30-19)21(12-2-5-17(26)18(27)6-12)22(33)29-14(9-32)10-39-40(36,37)38/h2-8,14,21,32,34H,9-10H2,1H3,(H,29,33)(H,30,35)(H2,36,37,38)/b13-7+. The van der Waals surface area contributed by atoms with E-state index < -0.39 is 62.2 Å². The molecule has 0 saturated carbocycles. The van der Waals surface area contributed by atoms with Gasteiger partial charge >= 0.3 is 13.5 Å². The molecule has 1 aliphatic rings. The number of fused-ring (bicyclic) bond motifs is 1. The van der Waals surface area contributed by atoms with E-state index in [2.05, 4.69) is 19.8 Å². The Morgan fingerprint density at radius 3 is 2.65 bits per heavy atom. The van der Waals surface area contributed by atoms with E-state index in [1.807, 2.05) is 0 Å². The summed E-state index contributed by atoms with van der Waals surface area (Å²) >= 11 is 6.15. The minimum Gasteiger partial charge on any atom is -0.493 e. The number of benzene rings is 2. The molecule has 212 valence electrons. The highest BCUT2D eigenvalue weighted by atomic mass is 35.5. The summed E-state index contributed by atoms with van der Waals surface area (Å²) in [5.74, 6) is -4.45. The number of carbonyl (C=O) groups excluding carboxylic acids is 1. The lowest BCUT2D eigenvalue weighted by Crippen LogP contribution is -2.45. The van der Waals surface area contributed by atoms with Crippen molar-refractivity contribution in [3.63, 3.8) is 0 Å². The lowest BCUT2D eigenvalue weighted by Gasteiger charge is -2.23. The van der Waals surface area contributed by atoms with E-state index in [0.717, 1.165) is 6.07 Å². The van der Waals surface area contributed by atoms with E-state index in [0.29, 0.717) is 44.1 Å². The number of nitrogens with one attached hydrogen (secondary N) is 2. The van der Waals surface area contributed by atoms with Crippen molar-refractivity contribution in [3.8, 4) is 5.88 Å². The fourth-order valence-corrected chi connectivity index (χ4v) is 4.58. The number of H-pyrrole nitrogens is 1. The fraction of sp³-hybridized carbons (Fsp3) is 0.208. The monoisotopic (exact) mass is 598 g/mol. The van der Waals surface area contributed by atoms with E-state index in [-0.39, 0.29) is 11.3 Å². The summed E-state index contributed by atoms with van der Waals surface area (Å²) in [6, 6.07) is 2.51. The molecule has 0 saturated heterocycles. The second-order valence-electron chi connectivity index (χ2n) is 8.71. The summed E-state index contributed by atoms with van der Waals surface area (Å²) in [6.07, 6.45) is 2.87. The molecule has 0 spiro atoms. The molecule has 2 aromatic carbocycles. The average Bonchev–Trinajstić information content (AvgIpc) is 3.42. The van der Waals surface area contributed by atoms with Crippen LogP contribution < -0.4 is 11.0 Å². The molecule has 1 aliphatic heterocycles. The van der Waals surface area contributed by atoms with Crippen LogP contribution in [0.2, 0.25) is 5.02 Å². The number of aliphatic imine (C=N–C) groups is 1. The molecule has 0 fully saturated rings. The maximum Gasteiger partial charge on any atom is 0.469 e. The number of hydrogen-bond acceptors (Lipinski definition) is 7. The Morgan fingerprint density at radius 2 is 2.00 bits per heavy atom. The van der Waals surface area contributed by atoms with Crippen molar-refractivity contribution in [3.05, 3.63) is 79.9 Å². The Hall–Kier alpha value is -3.65. The van der Waals surface area contributed by atoms with Crippen LogP contribution in [0.1, 0.15) is 28.4 Å². The van der Waals surface area contributed by atoms with Crippen LogP contribution in [0.5, 0.6) is 5.88 Å². The highest BCUT2D eigenvalue weighted by Gasteiger charge is 2.31. The first-order chi connectivity index (χ1) is 18.8. The van der Waals surface area contributed by atoms with Gasteiger partial charge in [-0.1, -0.05) is 23.7 Å². The molecule has 0 radical (unpaired) electrons. The Labute approximate surface area is 229 Å². The number of nitrogens with zero attached hydrogens (tertiary/aromatic N) is 2. The molecule has 2 unspecified atom stereocenters. The molecule has 16 heteroatoms. The van der Waals surface area contributed by atoms with Crippen LogP contribution in [-0.4, -0.2) is 60.9 Å². The van der Waals surface area contributed by atoms with Crippen LogP contribution in [0.25, 0.3) is 11.6 Å². The number of hydrogen-bond donors (Lipinski definition) is 6. The fourth-order valence-electron chi connectivity index (χ4n) is 4.05. The quantitative estimate of drug-likeness (QED) is 0.203. The summed E-state index contributed by atoms with van der Waals surface area (Å²) in [5, 5.41) is 23.3. The molecule has 6 N–H and O–H groups in total. The highest BCUT2D eigenvalue weighted by molar-refractivity contribution is 7.46. The summed E-state index contributed by atoms with van der Waals surface area (Å²) in [6.45, 7) is 0.0984. The number of aromatic hydroxyl groups is 1. The third kappa shape index (κ3) is 6.07. The van der Waals surface area contributed by atoms with Gasteiger partial charge in [0.15, 0.2) is 11.6 Å². The first kappa shape index (κ1) is 29.3. The summed E-state index contributed by atoms with van der Waals surface area (Å²) in [5.41, 5.74) is 1.03. The van der Waals surface area contributed by atoms with Gasteiger partial charge in [0.2, 0.25) is 11.8 Å². The number of carbonyl (C=O) groups is 1. The molecule has 1 amide bonds. The van der Waals surface area contributed by atoms with Crippen molar-refractivity contribution in [2.45, 2.75) is 19.0 Å². The molecule has 4 rings (SSSR count). The second kappa shape index (κ2) is 11.5. The molecule has 2 heterocycles. The van der Waals surface area contributed by atoms with Crippen LogP contribution in [0.4, 0.5) is 14.5 Å². The van der Waals surface area contributed by atoms with Crippen molar-refractivity contribution >= 4 is 48.9 Å².